The maximum Gasteiger partial charge on any atom is 0.416 e. The third kappa shape index (κ3) is 7.17. The van der Waals surface area contributed by atoms with Crippen molar-refractivity contribution in [3.63, 3.8) is 0 Å². The van der Waals surface area contributed by atoms with Gasteiger partial charge in [-0.3, -0.25) is 4.79 Å². The van der Waals surface area contributed by atoms with Gasteiger partial charge in [-0.25, -0.2) is 0 Å². The van der Waals surface area contributed by atoms with Gasteiger partial charge in [0.25, 0.3) is 5.91 Å². The summed E-state index contributed by atoms with van der Waals surface area (Å²) in [6.07, 6.45) is -4.11. The van der Waals surface area contributed by atoms with Crippen molar-refractivity contribution in [1.82, 2.24) is 4.90 Å². The van der Waals surface area contributed by atoms with Gasteiger partial charge in [-0.2, -0.15) is 21.6 Å². The fraction of sp³-hybridized carbons (Fsp3) is 0.321. The number of hydrogen-bond acceptors (Lipinski definition) is 7. The topological polar surface area (TPSA) is 91.4 Å². The lowest BCUT2D eigenvalue weighted by molar-refractivity contribution is -0.137. The molecule has 0 saturated carbocycles. The minimum atomic E-state index is -4.73. The quantitative estimate of drug-likeness (QED) is 0.259. The van der Waals surface area contributed by atoms with Crippen LogP contribution in [0.1, 0.15) is 41.8 Å². The molecule has 1 atom stereocenters. The van der Waals surface area contributed by atoms with Gasteiger partial charge in [0.2, 0.25) is 0 Å². The summed E-state index contributed by atoms with van der Waals surface area (Å²) in [5.74, 6) is 0.357. The van der Waals surface area contributed by atoms with Gasteiger partial charge in [0.15, 0.2) is 11.5 Å². The maximum atomic E-state index is 13.6. The first-order chi connectivity index (χ1) is 18.8. The van der Waals surface area contributed by atoms with Crippen LogP contribution in [-0.2, 0) is 22.8 Å². The average Bonchev–Trinajstić information content (AvgIpc) is 2.94. The van der Waals surface area contributed by atoms with Gasteiger partial charge in [0.05, 0.1) is 26.9 Å². The molecular weight excluding hydrogens is 551 g/mol. The van der Waals surface area contributed by atoms with E-state index in [-0.39, 0.29) is 30.0 Å². The predicted molar refractivity (Wildman–Crippen MR) is 141 cm³/mol. The normalized spacial score (nSPS) is 12.4. The van der Waals surface area contributed by atoms with Crippen LogP contribution in [0.25, 0.3) is 0 Å². The largest absolute Gasteiger partial charge is 0.497 e. The Balaban J connectivity index is 1.96. The minimum absolute atomic E-state index is 0.0400. The number of carbonyl (C=O) groups excluding carboxylic acids is 1. The number of carbonyl (C=O) groups is 1. The Hall–Kier alpha value is -3.93. The number of amides is 1. The Morgan fingerprint density at radius 2 is 1.55 bits per heavy atom. The van der Waals surface area contributed by atoms with Crippen LogP contribution < -0.4 is 18.4 Å². The van der Waals surface area contributed by atoms with Crippen LogP contribution in [0.3, 0.4) is 0 Å². The van der Waals surface area contributed by atoms with E-state index in [9.17, 15) is 26.4 Å². The molecule has 3 aromatic rings. The number of methoxy groups -OCH3 is 3. The first-order valence-electron chi connectivity index (χ1n) is 12.2. The molecule has 0 aliphatic carbocycles. The second-order valence-electron chi connectivity index (χ2n) is 8.84. The molecule has 0 aliphatic heterocycles. The highest BCUT2D eigenvalue weighted by atomic mass is 32.2. The molecule has 0 radical (unpaired) electrons. The Labute approximate surface area is 231 Å². The number of hydrogen-bond donors (Lipinski definition) is 0. The molecule has 3 aromatic carbocycles. The molecule has 0 fully saturated rings. The zero-order valence-electron chi connectivity index (χ0n) is 22.6. The monoisotopic (exact) mass is 581 g/mol. The fourth-order valence-electron chi connectivity index (χ4n) is 3.82. The molecule has 0 saturated heterocycles. The minimum Gasteiger partial charge on any atom is -0.497 e. The summed E-state index contributed by atoms with van der Waals surface area (Å²) in [4.78, 5) is 14.5. The number of ether oxygens (including phenoxy) is 3. The summed E-state index contributed by atoms with van der Waals surface area (Å²) < 4.78 is 86.3. The summed E-state index contributed by atoms with van der Waals surface area (Å²) in [6.45, 7) is 3.85. The third-order valence-electron chi connectivity index (χ3n) is 6.21. The Morgan fingerprint density at radius 3 is 2.10 bits per heavy atom. The van der Waals surface area contributed by atoms with E-state index in [4.69, 9.17) is 18.4 Å². The zero-order valence-corrected chi connectivity index (χ0v) is 23.4. The van der Waals surface area contributed by atoms with Crippen molar-refractivity contribution in [3.8, 4) is 23.0 Å². The summed E-state index contributed by atoms with van der Waals surface area (Å²) in [5.41, 5.74) is -0.304. The SMILES string of the molecule is CCC(C)N(Cc1ccc(OC)c(OS(=O)(=O)c2cccc(C(F)(F)F)c2)c1)C(=O)c1cc(OC)cc(OC)c1. The van der Waals surface area contributed by atoms with Gasteiger partial charge in [-0.05, 0) is 61.4 Å². The van der Waals surface area contributed by atoms with E-state index < -0.39 is 26.8 Å². The van der Waals surface area contributed by atoms with E-state index in [1.165, 1.54) is 33.5 Å². The van der Waals surface area contributed by atoms with E-state index in [1.54, 1.807) is 29.2 Å². The van der Waals surface area contributed by atoms with Crippen molar-refractivity contribution in [1.29, 1.82) is 0 Å². The Bertz CT molecular complexity index is 1440. The molecule has 3 rings (SSSR count). The summed E-state index contributed by atoms with van der Waals surface area (Å²) in [6, 6.07) is 12.3. The van der Waals surface area contributed by atoms with Crippen molar-refractivity contribution < 1.29 is 44.8 Å². The molecule has 0 spiro atoms. The standard InChI is InChI=1S/C28H30F3NO7S/c1-6-18(2)32(27(33)20-13-22(36-3)16-23(14-20)37-4)17-19-10-11-25(38-5)26(12-19)39-40(34,35)24-9-7-8-21(15-24)28(29,30)31/h7-16,18H,6,17H2,1-5H3. The molecule has 40 heavy (non-hydrogen) atoms. The summed E-state index contributed by atoms with van der Waals surface area (Å²) in [7, 11) is -0.414. The van der Waals surface area contributed by atoms with Crippen LogP contribution in [-0.4, -0.2) is 46.6 Å². The Morgan fingerprint density at radius 1 is 0.900 bits per heavy atom. The lowest BCUT2D eigenvalue weighted by Crippen LogP contribution is -2.37. The number of halogens is 3. The van der Waals surface area contributed by atoms with E-state index in [2.05, 4.69) is 0 Å². The van der Waals surface area contributed by atoms with Gasteiger partial charge in [0, 0.05) is 24.2 Å². The van der Waals surface area contributed by atoms with Crippen LogP contribution >= 0.6 is 0 Å². The second-order valence-corrected chi connectivity index (χ2v) is 10.4. The van der Waals surface area contributed by atoms with Crippen LogP contribution in [0, 0.1) is 0 Å². The summed E-state index contributed by atoms with van der Waals surface area (Å²) in [5, 5.41) is 0. The number of rotatable bonds is 11. The number of alkyl halides is 3. The van der Waals surface area contributed by atoms with Crippen molar-refractivity contribution in [3.05, 3.63) is 77.4 Å². The van der Waals surface area contributed by atoms with Crippen LogP contribution in [0.2, 0.25) is 0 Å². The zero-order chi connectivity index (χ0) is 29.7. The number of benzene rings is 3. The molecule has 216 valence electrons. The molecule has 0 aliphatic rings. The van der Waals surface area contributed by atoms with Gasteiger partial charge in [-0.15, -0.1) is 0 Å². The average molecular weight is 582 g/mol. The molecule has 8 nitrogen and oxygen atoms in total. The molecule has 1 unspecified atom stereocenters. The van der Waals surface area contributed by atoms with E-state index in [0.29, 0.717) is 35.1 Å². The lowest BCUT2D eigenvalue weighted by atomic mass is 10.1. The molecule has 0 aromatic heterocycles. The highest BCUT2D eigenvalue weighted by molar-refractivity contribution is 7.87. The third-order valence-corrected chi connectivity index (χ3v) is 7.44. The van der Waals surface area contributed by atoms with Crippen LogP contribution in [0.4, 0.5) is 13.2 Å². The summed E-state index contributed by atoms with van der Waals surface area (Å²) >= 11 is 0. The van der Waals surface area contributed by atoms with Crippen molar-refractivity contribution in [2.75, 3.05) is 21.3 Å². The molecule has 0 bridgehead atoms. The molecule has 0 N–H and O–H groups in total. The predicted octanol–water partition coefficient (Wildman–Crippen LogP) is 5.94. The van der Waals surface area contributed by atoms with Crippen LogP contribution in [0.15, 0.2) is 65.6 Å². The molecule has 0 heterocycles. The second kappa shape index (κ2) is 12.5. The van der Waals surface area contributed by atoms with E-state index >= 15 is 0 Å². The first-order valence-corrected chi connectivity index (χ1v) is 13.6. The Kier molecular flexibility index (Phi) is 9.56. The van der Waals surface area contributed by atoms with Crippen molar-refractivity contribution >= 4 is 16.0 Å². The molecule has 1 amide bonds. The highest BCUT2D eigenvalue weighted by Crippen LogP contribution is 2.34. The fourth-order valence-corrected chi connectivity index (χ4v) is 4.80. The highest BCUT2D eigenvalue weighted by Gasteiger charge is 2.32. The lowest BCUT2D eigenvalue weighted by Gasteiger charge is -2.29. The van der Waals surface area contributed by atoms with Gasteiger partial charge >= 0.3 is 16.3 Å². The van der Waals surface area contributed by atoms with Crippen molar-refractivity contribution in [2.45, 2.75) is 43.9 Å². The molecular formula is C28H30F3NO7S. The molecule has 12 heteroatoms. The maximum absolute atomic E-state index is 13.6. The van der Waals surface area contributed by atoms with E-state index in [0.717, 1.165) is 18.2 Å². The smallest absolute Gasteiger partial charge is 0.416 e. The van der Waals surface area contributed by atoms with Gasteiger partial charge in [0.1, 0.15) is 16.4 Å². The van der Waals surface area contributed by atoms with Gasteiger partial charge in [-0.1, -0.05) is 19.1 Å². The van der Waals surface area contributed by atoms with E-state index in [1.807, 2.05) is 13.8 Å². The number of nitrogens with zero attached hydrogens (tertiary/aromatic N) is 1. The van der Waals surface area contributed by atoms with Gasteiger partial charge < -0.3 is 23.3 Å². The van der Waals surface area contributed by atoms with Crippen LogP contribution in [0.5, 0.6) is 23.0 Å². The van der Waals surface area contributed by atoms with Crippen molar-refractivity contribution in [2.24, 2.45) is 0 Å². The first kappa shape index (κ1) is 30.6.